The third-order valence-corrected chi connectivity index (χ3v) is 10.3. The van der Waals surface area contributed by atoms with Gasteiger partial charge in [0.05, 0.1) is 0 Å². The van der Waals surface area contributed by atoms with Crippen LogP contribution in [0.5, 0.6) is 0 Å². The van der Waals surface area contributed by atoms with Gasteiger partial charge in [0.25, 0.3) is 0 Å². The second kappa shape index (κ2) is 51.4. The van der Waals surface area contributed by atoms with Gasteiger partial charge in [-0.05, 0) is 96.3 Å². The van der Waals surface area contributed by atoms with E-state index < -0.39 is 12.1 Å². The summed E-state index contributed by atoms with van der Waals surface area (Å²) in [5.74, 6) is -1.06. The molecule has 0 amide bonds. The van der Waals surface area contributed by atoms with Gasteiger partial charge >= 0.3 is 17.9 Å². The number of esters is 3. The summed E-state index contributed by atoms with van der Waals surface area (Å²) in [6, 6.07) is 0. The Labute approximate surface area is 392 Å². The number of rotatable bonds is 44. The van der Waals surface area contributed by atoms with Crippen LogP contribution in [0.25, 0.3) is 0 Å². The van der Waals surface area contributed by atoms with Crippen molar-refractivity contribution >= 4 is 17.9 Å². The van der Waals surface area contributed by atoms with E-state index in [1.54, 1.807) is 0 Å². The van der Waals surface area contributed by atoms with Crippen LogP contribution < -0.4 is 0 Å². The Morgan fingerprint density at radius 1 is 0.344 bits per heavy atom. The molecule has 0 aliphatic heterocycles. The van der Waals surface area contributed by atoms with Gasteiger partial charge in [-0.1, -0.05) is 213 Å². The van der Waals surface area contributed by atoms with Crippen LogP contribution in [0.15, 0.2) is 122 Å². The van der Waals surface area contributed by atoms with E-state index in [-0.39, 0.29) is 31.6 Å². The van der Waals surface area contributed by atoms with E-state index in [4.69, 9.17) is 14.2 Å². The van der Waals surface area contributed by atoms with Crippen LogP contribution in [0.2, 0.25) is 0 Å². The first-order valence-electron chi connectivity index (χ1n) is 25.6. The van der Waals surface area contributed by atoms with Gasteiger partial charge in [0.15, 0.2) is 6.10 Å². The number of hydrogen-bond donors (Lipinski definition) is 0. The maximum Gasteiger partial charge on any atom is 0.306 e. The molecular formula is C58H92O6. The largest absolute Gasteiger partial charge is 0.462 e. The highest BCUT2D eigenvalue weighted by molar-refractivity contribution is 5.71. The van der Waals surface area contributed by atoms with E-state index in [1.165, 1.54) is 77.0 Å². The first kappa shape index (κ1) is 59.8. The van der Waals surface area contributed by atoms with Crippen LogP contribution in [0.3, 0.4) is 0 Å². The van der Waals surface area contributed by atoms with Gasteiger partial charge < -0.3 is 14.2 Å². The van der Waals surface area contributed by atoms with E-state index in [9.17, 15) is 14.4 Å². The minimum absolute atomic E-state index is 0.126. The molecule has 0 saturated carbocycles. The molecule has 0 spiro atoms. The standard InChI is InChI=1S/C58H92O6/c1-4-7-10-13-16-19-22-25-27-29-31-33-36-39-42-45-48-51-57(60)63-54-55(53-62-56(59)50-47-44-41-38-35-32-24-21-18-15-12-9-6-3)64-58(61)52-49-46-43-40-37-34-30-28-26-23-20-17-14-11-8-5-2/h8-9,11-12,15,17-18,20-21,24-28,32,34-35,37,43,46,55H,4-7,10,13-14,16,19,22-23,29-31,33,36,38-42,44-45,47-54H2,1-3H3/b11-8-,12-9-,18-15-,20-17-,24-21-,27-25-,28-26-,35-32-,37-34-,46-43-. The molecule has 6 heteroatoms. The normalized spacial score (nSPS) is 13.1. The molecule has 0 heterocycles. The number of unbranched alkanes of at least 4 members (excludes halogenated alkanes) is 16. The van der Waals surface area contributed by atoms with Crippen LogP contribution in [0.4, 0.5) is 0 Å². The van der Waals surface area contributed by atoms with Crippen molar-refractivity contribution in [3.8, 4) is 0 Å². The summed E-state index contributed by atoms with van der Waals surface area (Å²) in [6.07, 6.45) is 70.5. The highest BCUT2D eigenvalue weighted by Crippen LogP contribution is 2.13. The number of allylic oxidation sites excluding steroid dienone is 20. The van der Waals surface area contributed by atoms with E-state index >= 15 is 0 Å². The van der Waals surface area contributed by atoms with Crippen molar-refractivity contribution in [2.45, 2.75) is 213 Å². The van der Waals surface area contributed by atoms with E-state index in [0.29, 0.717) is 19.3 Å². The van der Waals surface area contributed by atoms with Gasteiger partial charge in [-0.2, -0.15) is 0 Å². The van der Waals surface area contributed by atoms with Gasteiger partial charge in [-0.3, -0.25) is 14.4 Å². The summed E-state index contributed by atoms with van der Waals surface area (Å²) in [5.41, 5.74) is 0. The molecular weight excluding hydrogens is 793 g/mol. The lowest BCUT2D eigenvalue weighted by atomic mass is 10.1. The van der Waals surface area contributed by atoms with Crippen LogP contribution in [-0.4, -0.2) is 37.2 Å². The lowest BCUT2D eigenvalue weighted by Gasteiger charge is -2.18. The average molecular weight is 885 g/mol. The minimum atomic E-state index is -0.838. The van der Waals surface area contributed by atoms with Crippen molar-refractivity contribution in [2.24, 2.45) is 0 Å². The molecule has 0 radical (unpaired) electrons. The molecule has 1 atom stereocenters. The highest BCUT2D eigenvalue weighted by atomic mass is 16.6. The summed E-state index contributed by atoms with van der Waals surface area (Å²) in [4.78, 5) is 37.9. The van der Waals surface area contributed by atoms with Gasteiger partial charge in [-0.25, -0.2) is 0 Å². The van der Waals surface area contributed by atoms with Crippen molar-refractivity contribution < 1.29 is 28.6 Å². The van der Waals surface area contributed by atoms with Gasteiger partial charge in [0.1, 0.15) is 13.2 Å². The lowest BCUT2D eigenvalue weighted by Crippen LogP contribution is -2.30. The predicted molar refractivity (Wildman–Crippen MR) is 274 cm³/mol. The molecule has 0 rings (SSSR count). The molecule has 0 bridgehead atoms. The quantitative estimate of drug-likeness (QED) is 0.0199. The predicted octanol–water partition coefficient (Wildman–Crippen LogP) is 16.9. The number of hydrogen-bond acceptors (Lipinski definition) is 6. The molecule has 0 aromatic carbocycles. The summed E-state index contributed by atoms with van der Waals surface area (Å²) >= 11 is 0. The van der Waals surface area contributed by atoms with Crippen LogP contribution >= 0.6 is 0 Å². The topological polar surface area (TPSA) is 78.9 Å². The Balaban J connectivity index is 4.56. The van der Waals surface area contributed by atoms with Crippen LogP contribution in [0, 0.1) is 0 Å². The fourth-order valence-corrected chi connectivity index (χ4v) is 6.49. The summed E-state index contributed by atoms with van der Waals surface area (Å²) in [5, 5.41) is 0. The second-order valence-corrected chi connectivity index (χ2v) is 16.4. The zero-order valence-electron chi connectivity index (χ0n) is 41.0. The molecule has 0 aromatic rings. The van der Waals surface area contributed by atoms with Gasteiger partial charge in [0, 0.05) is 19.3 Å². The molecule has 6 nitrogen and oxygen atoms in total. The third-order valence-electron chi connectivity index (χ3n) is 10.3. The lowest BCUT2D eigenvalue weighted by molar-refractivity contribution is -0.166. The molecule has 360 valence electrons. The molecule has 64 heavy (non-hydrogen) atoms. The molecule has 0 aliphatic rings. The highest BCUT2D eigenvalue weighted by Gasteiger charge is 2.19. The smallest absolute Gasteiger partial charge is 0.306 e. The van der Waals surface area contributed by atoms with Crippen LogP contribution in [-0.2, 0) is 28.6 Å². The molecule has 0 N–H and O–H groups in total. The first-order valence-corrected chi connectivity index (χ1v) is 25.6. The zero-order valence-corrected chi connectivity index (χ0v) is 41.0. The molecule has 0 aromatic heterocycles. The Kier molecular flexibility index (Phi) is 48.1. The maximum atomic E-state index is 12.8. The average Bonchev–Trinajstić information content (AvgIpc) is 3.29. The third kappa shape index (κ3) is 48.8. The van der Waals surface area contributed by atoms with Crippen molar-refractivity contribution in [3.63, 3.8) is 0 Å². The van der Waals surface area contributed by atoms with Crippen LogP contribution in [0.1, 0.15) is 207 Å². The van der Waals surface area contributed by atoms with Gasteiger partial charge in [0.2, 0.25) is 0 Å². The number of carbonyl (C=O) groups is 3. The molecule has 0 saturated heterocycles. The zero-order chi connectivity index (χ0) is 46.5. The molecule has 0 fully saturated rings. The summed E-state index contributed by atoms with van der Waals surface area (Å²) < 4.78 is 16.7. The maximum absolute atomic E-state index is 12.8. The van der Waals surface area contributed by atoms with Crippen molar-refractivity contribution in [2.75, 3.05) is 13.2 Å². The van der Waals surface area contributed by atoms with E-state index in [0.717, 1.165) is 83.5 Å². The summed E-state index contributed by atoms with van der Waals surface area (Å²) in [6.45, 7) is 6.26. The second-order valence-electron chi connectivity index (χ2n) is 16.4. The van der Waals surface area contributed by atoms with Crippen molar-refractivity contribution in [1.82, 2.24) is 0 Å². The van der Waals surface area contributed by atoms with E-state index in [1.807, 2.05) is 48.6 Å². The summed E-state index contributed by atoms with van der Waals surface area (Å²) in [7, 11) is 0. The van der Waals surface area contributed by atoms with E-state index in [2.05, 4.69) is 93.7 Å². The monoisotopic (exact) mass is 885 g/mol. The Morgan fingerprint density at radius 3 is 1.22 bits per heavy atom. The van der Waals surface area contributed by atoms with Crippen molar-refractivity contribution in [1.29, 1.82) is 0 Å². The van der Waals surface area contributed by atoms with Crippen molar-refractivity contribution in [3.05, 3.63) is 122 Å². The van der Waals surface area contributed by atoms with Gasteiger partial charge in [-0.15, -0.1) is 0 Å². The fraction of sp³-hybridized carbons (Fsp3) is 0.603. The number of ether oxygens (including phenoxy) is 3. The fourth-order valence-electron chi connectivity index (χ4n) is 6.49. The molecule has 0 aliphatic carbocycles. The Morgan fingerprint density at radius 2 is 0.719 bits per heavy atom. The first-order chi connectivity index (χ1) is 31.5. The SMILES string of the molecule is CC\C=C/C=C\C=C/C=C\CCCCCC(=O)OCC(COC(=O)CCCCCCCCC/C=C\CCCCCCCC)OC(=O)CC/C=C\C/C=C\C/C=C\C/C=C\C/C=C\CC. The Hall–Kier alpha value is -4.19. The number of carbonyl (C=O) groups excluding carboxylic acids is 3. The molecule has 1 unspecified atom stereocenters. The minimum Gasteiger partial charge on any atom is -0.462 e. The Bertz CT molecular complexity index is 1390.